The van der Waals surface area contributed by atoms with Crippen LogP contribution in [0.2, 0.25) is 5.02 Å². The molecule has 162 valence electrons. The number of hydrogen-bond acceptors (Lipinski definition) is 6. The number of anilines is 2. The summed E-state index contributed by atoms with van der Waals surface area (Å²) in [7, 11) is 0. The first kappa shape index (κ1) is 20.1. The lowest BCUT2D eigenvalue weighted by atomic mass is 9.90. The van der Waals surface area contributed by atoms with Crippen LogP contribution in [-0.4, -0.2) is 75.8 Å². The van der Waals surface area contributed by atoms with Crippen LogP contribution in [0.3, 0.4) is 0 Å². The topological polar surface area (TPSA) is 77.3 Å². The molecule has 2 aromatic rings. The number of aromatic nitrogens is 3. The quantitative estimate of drug-likeness (QED) is 0.778. The van der Waals surface area contributed by atoms with Gasteiger partial charge in [-0.25, -0.2) is 5.10 Å². The lowest BCUT2D eigenvalue weighted by Crippen LogP contribution is -2.63. The standard InChI is InChI=1S/C22H32ClN7/c23-17-6-4-16(5-7-17)13-20-14-29-10-2-1-3-19(29)15-30(20)18-8-11-28(12-9-18)22-25-21(24)26-27-22/h4-7,18-20H,1-3,8-15H2,(H3,24,25,26,27)/t19-,20-/m0/s1. The molecule has 0 spiro atoms. The first-order valence-electron chi connectivity index (χ1n) is 11.3. The number of nitrogen functional groups attached to an aromatic ring is 1. The number of piperazine rings is 1. The molecule has 1 aromatic carbocycles. The molecule has 3 N–H and O–H groups in total. The van der Waals surface area contributed by atoms with Crippen molar-refractivity contribution >= 4 is 23.5 Å². The third-order valence-corrected chi connectivity index (χ3v) is 7.43. The number of aromatic amines is 1. The number of nitrogens with one attached hydrogen (secondary N) is 1. The molecule has 0 saturated carbocycles. The van der Waals surface area contributed by atoms with Crippen molar-refractivity contribution in [2.45, 2.75) is 56.7 Å². The fourth-order valence-electron chi connectivity index (χ4n) is 5.60. The molecule has 5 rings (SSSR count). The Balaban J connectivity index is 1.29. The molecule has 4 heterocycles. The molecule has 1 aromatic heterocycles. The van der Waals surface area contributed by atoms with E-state index in [1.165, 1.54) is 44.5 Å². The monoisotopic (exact) mass is 429 g/mol. The van der Waals surface area contributed by atoms with E-state index in [4.69, 9.17) is 17.3 Å². The Morgan fingerprint density at radius 1 is 1.00 bits per heavy atom. The zero-order valence-corrected chi connectivity index (χ0v) is 18.3. The van der Waals surface area contributed by atoms with Gasteiger partial charge in [-0.05, 0) is 56.3 Å². The second-order valence-corrected chi connectivity index (χ2v) is 9.50. The van der Waals surface area contributed by atoms with Crippen LogP contribution in [0.4, 0.5) is 11.9 Å². The predicted octanol–water partition coefficient (Wildman–Crippen LogP) is 2.79. The summed E-state index contributed by atoms with van der Waals surface area (Å²) in [5, 5.41) is 7.82. The Labute approximate surface area is 183 Å². The summed E-state index contributed by atoms with van der Waals surface area (Å²) in [6.07, 6.45) is 7.47. The van der Waals surface area contributed by atoms with Gasteiger partial charge in [0.1, 0.15) is 0 Å². The van der Waals surface area contributed by atoms with Crippen LogP contribution >= 0.6 is 11.6 Å². The Kier molecular flexibility index (Phi) is 5.85. The molecule has 0 amide bonds. The van der Waals surface area contributed by atoms with Crippen molar-refractivity contribution < 1.29 is 0 Å². The fourth-order valence-corrected chi connectivity index (χ4v) is 5.73. The summed E-state index contributed by atoms with van der Waals surface area (Å²) in [6.45, 7) is 5.63. The Morgan fingerprint density at radius 2 is 1.80 bits per heavy atom. The van der Waals surface area contributed by atoms with Gasteiger partial charge in [-0.15, -0.1) is 5.10 Å². The van der Waals surface area contributed by atoms with Gasteiger partial charge in [-0.2, -0.15) is 4.98 Å². The SMILES string of the molecule is Nc1nc(N2CCC(N3C[C@@H]4CCCCN4C[C@@H]3Cc3ccc(Cl)cc3)CC2)n[nH]1. The van der Waals surface area contributed by atoms with Crippen molar-refractivity contribution in [3.05, 3.63) is 34.9 Å². The van der Waals surface area contributed by atoms with Gasteiger partial charge in [0.2, 0.25) is 11.9 Å². The van der Waals surface area contributed by atoms with Gasteiger partial charge in [0.15, 0.2) is 0 Å². The third kappa shape index (κ3) is 4.29. The van der Waals surface area contributed by atoms with Crippen molar-refractivity contribution in [1.82, 2.24) is 25.0 Å². The van der Waals surface area contributed by atoms with E-state index in [0.717, 1.165) is 49.4 Å². The lowest BCUT2D eigenvalue weighted by molar-refractivity contribution is -0.0192. The summed E-state index contributed by atoms with van der Waals surface area (Å²) in [5.74, 6) is 1.13. The number of nitrogens with two attached hydrogens (primary N) is 1. The number of nitrogens with zero attached hydrogens (tertiary/aromatic N) is 5. The molecule has 7 nitrogen and oxygen atoms in total. The Bertz CT molecular complexity index is 830. The first-order chi connectivity index (χ1) is 14.7. The minimum absolute atomic E-state index is 0.392. The maximum Gasteiger partial charge on any atom is 0.246 e. The van der Waals surface area contributed by atoms with Crippen LogP contribution in [0.5, 0.6) is 0 Å². The second-order valence-electron chi connectivity index (χ2n) is 9.06. The minimum Gasteiger partial charge on any atom is -0.368 e. The van der Waals surface area contributed by atoms with E-state index in [0.29, 0.717) is 18.0 Å². The van der Waals surface area contributed by atoms with Gasteiger partial charge in [0, 0.05) is 49.3 Å². The molecule has 3 aliphatic rings. The summed E-state index contributed by atoms with van der Waals surface area (Å²) < 4.78 is 0. The predicted molar refractivity (Wildman–Crippen MR) is 121 cm³/mol. The van der Waals surface area contributed by atoms with E-state index in [2.05, 4.69) is 42.0 Å². The van der Waals surface area contributed by atoms with E-state index < -0.39 is 0 Å². The average Bonchev–Trinajstić information content (AvgIpc) is 3.21. The van der Waals surface area contributed by atoms with Gasteiger partial charge >= 0.3 is 0 Å². The number of H-pyrrole nitrogens is 1. The largest absolute Gasteiger partial charge is 0.368 e. The second kappa shape index (κ2) is 8.73. The van der Waals surface area contributed by atoms with Crippen molar-refractivity contribution in [2.24, 2.45) is 0 Å². The molecular formula is C22H32ClN7. The van der Waals surface area contributed by atoms with Crippen LogP contribution in [0.15, 0.2) is 24.3 Å². The van der Waals surface area contributed by atoms with Crippen LogP contribution < -0.4 is 10.6 Å². The normalized spacial score (nSPS) is 26.6. The molecule has 8 heteroatoms. The molecule has 2 atom stereocenters. The summed E-state index contributed by atoms with van der Waals surface area (Å²) in [5.41, 5.74) is 7.10. The molecule has 3 aliphatic heterocycles. The number of rotatable bonds is 4. The maximum atomic E-state index is 6.12. The number of fused-ring (bicyclic) bond motifs is 1. The highest BCUT2D eigenvalue weighted by Crippen LogP contribution is 2.30. The van der Waals surface area contributed by atoms with Gasteiger partial charge < -0.3 is 10.6 Å². The molecule has 0 aliphatic carbocycles. The lowest BCUT2D eigenvalue weighted by Gasteiger charge is -2.52. The Hall–Kier alpha value is -1.83. The van der Waals surface area contributed by atoms with Gasteiger partial charge in [0.25, 0.3) is 0 Å². The summed E-state index contributed by atoms with van der Waals surface area (Å²) >= 11 is 6.12. The van der Waals surface area contributed by atoms with E-state index in [-0.39, 0.29) is 0 Å². The number of piperidine rings is 2. The number of halogens is 1. The smallest absolute Gasteiger partial charge is 0.246 e. The minimum atomic E-state index is 0.392. The van der Waals surface area contributed by atoms with Gasteiger partial charge in [-0.1, -0.05) is 30.2 Å². The van der Waals surface area contributed by atoms with Crippen LogP contribution in [-0.2, 0) is 6.42 Å². The number of hydrogen-bond donors (Lipinski definition) is 2. The highest BCUT2D eigenvalue weighted by atomic mass is 35.5. The van der Waals surface area contributed by atoms with Crippen LogP contribution in [0.1, 0.15) is 37.7 Å². The molecule has 0 radical (unpaired) electrons. The van der Waals surface area contributed by atoms with Crippen molar-refractivity contribution in [1.29, 1.82) is 0 Å². The zero-order valence-electron chi connectivity index (χ0n) is 17.5. The number of benzene rings is 1. The van der Waals surface area contributed by atoms with Crippen LogP contribution in [0.25, 0.3) is 0 Å². The van der Waals surface area contributed by atoms with Crippen molar-refractivity contribution in [3.8, 4) is 0 Å². The van der Waals surface area contributed by atoms with E-state index in [9.17, 15) is 0 Å². The Morgan fingerprint density at radius 3 is 2.53 bits per heavy atom. The average molecular weight is 430 g/mol. The molecule has 3 saturated heterocycles. The first-order valence-corrected chi connectivity index (χ1v) is 11.7. The molecule has 0 unspecified atom stereocenters. The van der Waals surface area contributed by atoms with Gasteiger partial charge in [-0.3, -0.25) is 9.80 Å². The molecule has 3 fully saturated rings. The molecule has 0 bridgehead atoms. The summed E-state index contributed by atoms with van der Waals surface area (Å²) in [6, 6.07) is 10.4. The third-order valence-electron chi connectivity index (χ3n) is 7.18. The summed E-state index contributed by atoms with van der Waals surface area (Å²) in [4.78, 5) is 12.2. The van der Waals surface area contributed by atoms with E-state index >= 15 is 0 Å². The molecular weight excluding hydrogens is 398 g/mol. The van der Waals surface area contributed by atoms with E-state index in [1.807, 2.05) is 12.1 Å². The maximum absolute atomic E-state index is 6.12. The van der Waals surface area contributed by atoms with Gasteiger partial charge in [0.05, 0.1) is 0 Å². The van der Waals surface area contributed by atoms with Crippen LogP contribution in [0, 0.1) is 0 Å². The van der Waals surface area contributed by atoms with Crippen molar-refractivity contribution in [3.63, 3.8) is 0 Å². The molecule has 30 heavy (non-hydrogen) atoms. The fraction of sp³-hybridized carbons (Fsp3) is 0.636. The highest BCUT2D eigenvalue weighted by Gasteiger charge is 2.39. The van der Waals surface area contributed by atoms with Crippen molar-refractivity contribution in [2.75, 3.05) is 43.4 Å². The van der Waals surface area contributed by atoms with E-state index in [1.54, 1.807) is 0 Å². The zero-order chi connectivity index (χ0) is 20.5. The highest BCUT2D eigenvalue weighted by molar-refractivity contribution is 6.30.